The van der Waals surface area contributed by atoms with Gasteiger partial charge in [0.2, 0.25) is 10.0 Å². The van der Waals surface area contributed by atoms with E-state index >= 15 is 0 Å². The van der Waals surface area contributed by atoms with Gasteiger partial charge < -0.3 is 5.73 Å². The Balaban J connectivity index is 3.44. The van der Waals surface area contributed by atoms with E-state index in [1.165, 1.54) is 7.05 Å². The van der Waals surface area contributed by atoms with E-state index in [-0.39, 0.29) is 6.54 Å². The molecule has 0 bridgehead atoms. The summed E-state index contributed by atoms with van der Waals surface area (Å²) in [6, 6.07) is 1.81. The smallest absolute Gasteiger partial charge is 0.245 e. The van der Waals surface area contributed by atoms with Gasteiger partial charge in [0.25, 0.3) is 0 Å². The highest BCUT2D eigenvalue weighted by molar-refractivity contribution is 7.89. The number of sulfonamides is 1. The van der Waals surface area contributed by atoms with Crippen molar-refractivity contribution in [3.05, 3.63) is 29.3 Å². The first-order valence-electron chi connectivity index (χ1n) is 4.99. The molecule has 2 N–H and O–H groups in total. The maximum atomic E-state index is 13.8. The Labute approximate surface area is 99.1 Å². The van der Waals surface area contributed by atoms with Gasteiger partial charge in [0.05, 0.1) is 0 Å². The Morgan fingerprint density at radius 1 is 1.35 bits per heavy atom. The molecule has 0 aromatic heterocycles. The van der Waals surface area contributed by atoms with Crippen molar-refractivity contribution in [1.82, 2.24) is 4.31 Å². The summed E-state index contributed by atoms with van der Waals surface area (Å²) in [6.45, 7) is 1.41. The fraction of sp³-hybridized carbons (Fsp3) is 0.400. The number of hydrogen-bond acceptors (Lipinski definition) is 3. The number of rotatable bonds is 4. The molecular formula is C10H14F2N2O2S. The van der Waals surface area contributed by atoms with E-state index in [2.05, 4.69) is 0 Å². The van der Waals surface area contributed by atoms with Crippen molar-refractivity contribution < 1.29 is 17.2 Å². The van der Waals surface area contributed by atoms with Crippen LogP contribution in [0.25, 0.3) is 0 Å². The predicted octanol–water partition coefficient (Wildman–Crippen LogP) is 1.06. The van der Waals surface area contributed by atoms with Gasteiger partial charge in [0.1, 0.15) is 10.7 Å². The largest absolute Gasteiger partial charge is 0.326 e. The van der Waals surface area contributed by atoms with Crippen LogP contribution in [0.4, 0.5) is 8.78 Å². The summed E-state index contributed by atoms with van der Waals surface area (Å²) in [6.07, 6.45) is 0. The molecule has 0 saturated heterocycles. The summed E-state index contributed by atoms with van der Waals surface area (Å²) >= 11 is 0. The Hall–Kier alpha value is -1.05. The highest BCUT2D eigenvalue weighted by atomic mass is 32.2. The average molecular weight is 264 g/mol. The third-order valence-electron chi connectivity index (χ3n) is 2.49. The molecule has 0 saturated carbocycles. The molecular weight excluding hydrogens is 250 g/mol. The molecule has 1 rings (SSSR count). The average Bonchev–Trinajstić information content (AvgIpc) is 2.28. The SMILES string of the molecule is CCN(C)S(=O)(=O)c1ccc(F)c(CN)c1F. The van der Waals surface area contributed by atoms with Crippen molar-refractivity contribution in [1.29, 1.82) is 0 Å². The maximum Gasteiger partial charge on any atom is 0.245 e. The van der Waals surface area contributed by atoms with Crippen molar-refractivity contribution in [2.45, 2.75) is 18.4 Å². The van der Waals surface area contributed by atoms with E-state index in [9.17, 15) is 17.2 Å². The Morgan fingerprint density at radius 3 is 2.41 bits per heavy atom. The van der Waals surface area contributed by atoms with Crippen molar-refractivity contribution in [3.8, 4) is 0 Å². The van der Waals surface area contributed by atoms with Crippen LogP contribution in [0.5, 0.6) is 0 Å². The standard InChI is InChI=1S/C10H14F2N2O2S/c1-3-14(2)17(15,16)9-5-4-8(11)7(6-13)10(9)12/h4-5H,3,6,13H2,1-2H3. The van der Waals surface area contributed by atoms with Crippen molar-refractivity contribution in [2.75, 3.05) is 13.6 Å². The lowest BCUT2D eigenvalue weighted by Gasteiger charge is -2.16. The zero-order chi connectivity index (χ0) is 13.2. The van der Waals surface area contributed by atoms with E-state index in [1.807, 2.05) is 0 Å². The molecule has 96 valence electrons. The van der Waals surface area contributed by atoms with Gasteiger partial charge in [-0.25, -0.2) is 21.5 Å². The summed E-state index contributed by atoms with van der Waals surface area (Å²) < 4.78 is 51.7. The fourth-order valence-electron chi connectivity index (χ4n) is 1.30. The van der Waals surface area contributed by atoms with Crippen LogP contribution in [0, 0.1) is 11.6 Å². The second-order valence-corrected chi connectivity index (χ2v) is 5.47. The molecule has 0 aliphatic rings. The lowest BCUT2D eigenvalue weighted by Crippen LogP contribution is -2.28. The van der Waals surface area contributed by atoms with Crippen LogP contribution in [-0.2, 0) is 16.6 Å². The zero-order valence-corrected chi connectivity index (χ0v) is 10.4. The van der Waals surface area contributed by atoms with Crippen LogP contribution >= 0.6 is 0 Å². The monoisotopic (exact) mass is 264 g/mol. The molecule has 0 fully saturated rings. The van der Waals surface area contributed by atoms with Gasteiger partial charge in [0.15, 0.2) is 5.82 Å². The van der Waals surface area contributed by atoms with Crippen LogP contribution in [-0.4, -0.2) is 26.3 Å². The molecule has 17 heavy (non-hydrogen) atoms. The quantitative estimate of drug-likeness (QED) is 0.884. The first kappa shape index (κ1) is 14.0. The third-order valence-corrected chi connectivity index (χ3v) is 4.44. The van der Waals surface area contributed by atoms with Crippen molar-refractivity contribution in [3.63, 3.8) is 0 Å². The van der Waals surface area contributed by atoms with E-state index < -0.39 is 38.7 Å². The fourth-order valence-corrected chi connectivity index (χ4v) is 2.57. The Bertz CT molecular complexity index is 517. The highest BCUT2D eigenvalue weighted by Crippen LogP contribution is 2.22. The van der Waals surface area contributed by atoms with Gasteiger partial charge in [-0.2, -0.15) is 0 Å². The van der Waals surface area contributed by atoms with Crippen LogP contribution in [0.3, 0.4) is 0 Å². The second kappa shape index (κ2) is 5.07. The molecule has 0 atom stereocenters. The normalized spacial score (nSPS) is 12.1. The maximum absolute atomic E-state index is 13.8. The molecule has 1 aromatic carbocycles. The molecule has 0 unspecified atom stereocenters. The minimum absolute atomic E-state index is 0.192. The summed E-state index contributed by atoms with van der Waals surface area (Å²) in [7, 11) is -2.61. The van der Waals surface area contributed by atoms with E-state index in [0.29, 0.717) is 0 Å². The predicted molar refractivity (Wildman–Crippen MR) is 59.7 cm³/mol. The minimum atomic E-state index is -3.93. The molecule has 0 aliphatic heterocycles. The Morgan fingerprint density at radius 2 is 1.94 bits per heavy atom. The van der Waals surface area contributed by atoms with Crippen LogP contribution in [0.15, 0.2) is 17.0 Å². The van der Waals surface area contributed by atoms with E-state index in [1.54, 1.807) is 6.92 Å². The van der Waals surface area contributed by atoms with Crippen LogP contribution < -0.4 is 5.73 Å². The third kappa shape index (κ3) is 2.46. The zero-order valence-electron chi connectivity index (χ0n) is 9.57. The van der Waals surface area contributed by atoms with Crippen molar-refractivity contribution >= 4 is 10.0 Å². The molecule has 4 nitrogen and oxygen atoms in total. The van der Waals surface area contributed by atoms with Gasteiger partial charge in [0, 0.05) is 25.7 Å². The topological polar surface area (TPSA) is 63.4 Å². The first-order chi connectivity index (χ1) is 7.86. The van der Waals surface area contributed by atoms with Gasteiger partial charge in [-0.1, -0.05) is 6.92 Å². The first-order valence-corrected chi connectivity index (χ1v) is 6.43. The number of benzene rings is 1. The molecule has 0 amide bonds. The number of nitrogens with zero attached hydrogens (tertiary/aromatic N) is 1. The molecule has 0 radical (unpaired) electrons. The number of halogens is 2. The second-order valence-electron chi connectivity index (χ2n) is 3.46. The van der Waals surface area contributed by atoms with Gasteiger partial charge in [-0.15, -0.1) is 0 Å². The number of nitrogens with two attached hydrogens (primary N) is 1. The molecule has 0 heterocycles. The van der Waals surface area contributed by atoms with Crippen molar-refractivity contribution in [2.24, 2.45) is 5.73 Å². The molecule has 1 aromatic rings. The lowest BCUT2D eigenvalue weighted by atomic mass is 10.2. The van der Waals surface area contributed by atoms with E-state index in [0.717, 1.165) is 16.4 Å². The summed E-state index contributed by atoms with van der Waals surface area (Å²) in [5.41, 5.74) is 4.76. The Kier molecular flexibility index (Phi) is 4.18. The molecule has 0 spiro atoms. The van der Waals surface area contributed by atoms with Crippen LogP contribution in [0.1, 0.15) is 12.5 Å². The molecule has 7 heteroatoms. The van der Waals surface area contributed by atoms with Gasteiger partial charge >= 0.3 is 0 Å². The highest BCUT2D eigenvalue weighted by Gasteiger charge is 2.26. The van der Waals surface area contributed by atoms with Crippen LogP contribution in [0.2, 0.25) is 0 Å². The van der Waals surface area contributed by atoms with E-state index in [4.69, 9.17) is 5.73 Å². The number of hydrogen-bond donors (Lipinski definition) is 1. The molecule has 0 aliphatic carbocycles. The van der Waals surface area contributed by atoms with Gasteiger partial charge in [-0.3, -0.25) is 0 Å². The summed E-state index contributed by atoms with van der Waals surface area (Å²) in [5.74, 6) is -1.96. The van der Waals surface area contributed by atoms with Gasteiger partial charge in [-0.05, 0) is 12.1 Å². The lowest BCUT2D eigenvalue weighted by molar-refractivity contribution is 0.473. The summed E-state index contributed by atoms with van der Waals surface area (Å²) in [5, 5.41) is 0. The minimum Gasteiger partial charge on any atom is -0.326 e. The summed E-state index contributed by atoms with van der Waals surface area (Å²) in [4.78, 5) is -0.552.